The van der Waals surface area contributed by atoms with Crippen molar-refractivity contribution in [3.05, 3.63) is 28.8 Å². The van der Waals surface area contributed by atoms with Gasteiger partial charge < -0.3 is 10.0 Å². The fourth-order valence-electron chi connectivity index (χ4n) is 1.51. The number of likely N-dealkylation sites (N-methyl/N-ethyl adjacent to an activating group) is 1. The molecule has 1 aromatic rings. The number of hydrogen-bond acceptors (Lipinski definition) is 3. The van der Waals surface area contributed by atoms with Crippen molar-refractivity contribution in [1.29, 1.82) is 0 Å². The van der Waals surface area contributed by atoms with Crippen LogP contribution in [0, 0.1) is 13.8 Å². The molecule has 0 heterocycles. The fourth-order valence-corrected chi connectivity index (χ4v) is 1.51. The van der Waals surface area contributed by atoms with E-state index >= 15 is 0 Å². The number of aromatic hydroxyl groups is 1. The minimum atomic E-state index is 0.194. The third-order valence-corrected chi connectivity index (χ3v) is 2.38. The summed E-state index contributed by atoms with van der Waals surface area (Å²) in [6.07, 6.45) is 1.75. The maximum atomic E-state index is 9.83. The molecule has 3 nitrogen and oxygen atoms in total. The summed E-state index contributed by atoms with van der Waals surface area (Å²) in [5.41, 5.74) is 2.84. The van der Waals surface area contributed by atoms with Gasteiger partial charge in [0, 0.05) is 18.3 Å². The molecule has 19 heavy (non-hydrogen) atoms. The molecule has 0 aromatic heterocycles. The summed E-state index contributed by atoms with van der Waals surface area (Å²) in [7, 11) is 13.6. The van der Waals surface area contributed by atoms with Gasteiger partial charge in [0.15, 0.2) is 0 Å². The van der Waals surface area contributed by atoms with E-state index in [-0.39, 0.29) is 13.1 Å². The van der Waals surface area contributed by atoms with Crippen LogP contribution in [0.1, 0.15) is 16.7 Å². The van der Waals surface area contributed by atoms with Crippen molar-refractivity contribution in [2.24, 2.45) is 4.99 Å². The van der Waals surface area contributed by atoms with Gasteiger partial charge in [0.2, 0.25) is 0 Å². The molecule has 0 bridgehead atoms. The molecule has 0 saturated heterocycles. The molecule has 0 fully saturated rings. The first kappa shape index (κ1) is 18.7. The molecule has 0 aliphatic heterocycles. The fraction of sp³-hybridized carbons (Fsp3) is 0.462. The molecule has 1 N–H and O–H groups in total. The molecule has 6 heteroatoms. The second kappa shape index (κ2) is 10.5. The molecule has 0 unspecified atom stereocenters. The summed E-state index contributed by atoms with van der Waals surface area (Å²) in [5.74, 6) is 0.333. The number of rotatable bonds is 4. The first-order chi connectivity index (χ1) is 8.92. The topological polar surface area (TPSA) is 35.8 Å². The van der Waals surface area contributed by atoms with Gasteiger partial charge in [-0.3, -0.25) is 4.99 Å². The Balaban J connectivity index is 0.000000982. The van der Waals surface area contributed by atoms with Crippen LogP contribution in [-0.2, 0) is 13.1 Å². The number of phenols is 1. The molecular weight excluding hydrogens is 327 g/mol. The number of aryl methyl sites for hydroxylation is 2. The van der Waals surface area contributed by atoms with E-state index in [1.54, 1.807) is 6.21 Å². The molecule has 0 atom stereocenters. The number of aliphatic imine (C=N–C) groups is 1. The normalized spacial score (nSPS) is 10.7. The van der Waals surface area contributed by atoms with Crippen LogP contribution in [0.4, 0.5) is 0 Å². The molecule has 0 aliphatic carbocycles. The Kier molecular flexibility index (Phi) is 10.4. The number of halogens is 2. The second-order valence-electron chi connectivity index (χ2n) is 4.41. The molecule has 1 rings (SSSR count). The van der Waals surface area contributed by atoms with Gasteiger partial charge in [-0.05, 0) is 45.1 Å². The van der Waals surface area contributed by atoms with E-state index in [9.17, 15) is 5.11 Å². The Morgan fingerprint density at radius 2 is 1.89 bits per heavy atom. The Morgan fingerprint density at radius 1 is 1.32 bits per heavy atom. The van der Waals surface area contributed by atoms with Gasteiger partial charge in [0.1, 0.15) is 5.75 Å². The van der Waals surface area contributed by atoms with Crippen molar-refractivity contribution in [2.75, 3.05) is 27.2 Å². The zero-order valence-electron chi connectivity index (χ0n) is 11.6. The number of phenolic OH excluding ortho intramolecular Hbond substituents is 1. The van der Waals surface area contributed by atoms with E-state index < -0.39 is 0 Å². The van der Waals surface area contributed by atoms with Crippen LogP contribution in [0.2, 0.25) is 0 Å². The Labute approximate surface area is 130 Å². The van der Waals surface area contributed by atoms with E-state index in [1.165, 1.54) is 0 Å². The number of benzene rings is 1. The Bertz CT molecular complexity index is 412. The molecule has 1 aromatic carbocycles. The third-order valence-electron chi connectivity index (χ3n) is 2.38. The molecule has 0 spiro atoms. The molecule has 109 valence electrons. The zero-order chi connectivity index (χ0) is 14.8. The Hall–Kier alpha value is -0.251. The van der Waals surface area contributed by atoms with Gasteiger partial charge in [-0.2, -0.15) is 0 Å². The van der Waals surface area contributed by atoms with Crippen LogP contribution in [-0.4, -0.2) is 43.4 Å². The summed E-state index contributed by atoms with van der Waals surface area (Å²) in [4.78, 5) is 6.38. The zero-order valence-corrected chi connectivity index (χ0v) is 14.2. The van der Waals surface area contributed by atoms with Gasteiger partial charge in [-0.15, -0.1) is 0 Å². The molecular formula is C13H20Cl2FeN2O+. The maximum absolute atomic E-state index is 9.83. The van der Waals surface area contributed by atoms with Crippen molar-refractivity contribution in [3.63, 3.8) is 0 Å². The van der Waals surface area contributed by atoms with E-state index in [4.69, 9.17) is 20.2 Å². The number of hydrogen-bond donors (Lipinski definition) is 1. The van der Waals surface area contributed by atoms with Gasteiger partial charge in [0.25, 0.3) is 0 Å². The summed E-state index contributed by atoms with van der Waals surface area (Å²) in [5, 5.41) is 9.83. The SMILES string of the molecule is Cc1cc(C)c(O)c(C=NCCN(C)C)c1.[Cl][Fe+][Cl]. The first-order valence-electron chi connectivity index (χ1n) is 5.72. The molecule has 0 radical (unpaired) electrons. The summed E-state index contributed by atoms with van der Waals surface area (Å²) in [6, 6.07) is 3.91. The summed E-state index contributed by atoms with van der Waals surface area (Å²) >= 11 is 0.194. The van der Waals surface area contributed by atoms with Gasteiger partial charge in [-0.1, -0.05) is 6.07 Å². The van der Waals surface area contributed by atoms with Crippen molar-refractivity contribution in [1.82, 2.24) is 4.90 Å². The monoisotopic (exact) mass is 346 g/mol. The van der Waals surface area contributed by atoms with E-state index in [1.807, 2.05) is 40.1 Å². The number of nitrogens with zero attached hydrogens (tertiary/aromatic N) is 2. The first-order valence-corrected chi connectivity index (χ1v) is 8.76. The van der Waals surface area contributed by atoms with Crippen molar-refractivity contribution in [2.45, 2.75) is 13.8 Å². The summed E-state index contributed by atoms with van der Waals surface area (Å²) in [6.45, 7) is 5.59. The van der Waals surface area contributed by atoms with Crippen LogP contribution in [0.3, 0.4) is 0 Å². The van der Waals surface area contributed by atoms with Crippen molar-refractivity contribution in [3.8, 4) is 5.75 Å². The summed E-state index contributed by atoms with van der Waals surface area (Å²) < 4.78 is 0. The molecule has 0 amide bonds. The average molecular weight is 347 g/mol. The molecule has 0 aliphatic rings. The van der Waals surface area contributed by atoms with Crippen molar-refractivity contribution < 1.29 is 18.2 Å². The predicted octanol–water partition coefficient (Wildman–Crippen LogP) is 3.37. The molecule has 0 saturated carbocycles. The van der Waals surface area contributed by atoms with Crippen LogP contribution in [0.25, 0.3) is 0 Å². The standard InChI is InChI=1S/C13H20N2O.2ClH.Fe/c1-10-7-11(2)13(16)12(8-10)9-14-5-6-15(3)4;;;/h7-9,16H,5-6H2,1-4H3;2*1H;/q;;;+3/p-2. The predicted molar refractivity (Wildman–Crippen MR) is 80.3 cm³/mol. The minimum absolute atomic E-state index is 0.194. The van der Waals surface area contributed by atoms with E-state index in [0.717, 1.165) is 29.8 Å². The van der Waals surface area contributed by atoms with Crippen LogP contribution in [0.5, 0.6) is 5.75 Å². The van der Waals surface area contributed by atoms with Gasteiger partial charge >= 0.3 is 33.3 Å². The van der Waals surface area contributed by atoms with Crippen molar-refractivity contribution >= 4 is 26.4 Å². The van der Waals surface area contributed by atoms with Crippen LogP contribution in [0.15, 0.2) is 17.1 Å². The average Bonchev–Trinajstić information content (AvgIpc) is 2.31. The van der Waals surface area contributed by atoms with E-state index in [0.29, 0.717) is 5.75 Å². The van der Waals surface area contributed by atoms with Gasteiger partial charge in [-0.25, -0.2) is 0 Å². The quantitative estimate of drug-likeness (QED) is 0.670. The van der Waals surface area contributed by atoms with Crippen LogP contribution < -0.4 is 0 Å². The van der Waals surface area contributed by atoms with Gasteiger partial charge in [0.05, 0.1) is 6.54 Å². The van der Waals surface area contributed by atoms with E-state index in [2.05, 4.69) is 9.89 Å². The van der Waals surface area contributed by atoms with Crippen LogP contribution >= 0.6 is 20.2 Å². The Morgan fingerprint density at radius 3 is 2.42 bits per heavy atom. The third kappa shape index (κ3) is 8.51. The second-order valence-corrected chi connectivity index (χ2v) is 6.23.